The van der Waals surface area contributed by atoms with Gasteiger partial charge in [-0.3, -0.25) is 0 Å². The molecule has 4 heterocycles. The van der Waals surface area contributed by atoms with Crippen molar-refractivity contribution in [3.8, 4) is 56.2 Å². The van der Waals surface area contributed by atoms with E-state index in [9.17, 15) is 0 Å². The Labute approximate surface area is 345 Å². The first-order valence-electron chi connectivity index (χ1n) is 20.7. The van der Waals surface area contributed by atoms with Gasteiger partial charge in [-0.05, 0) is 79.5 Å². The second kappa shape index (κ2) is 11.6. The highest BCUT2D eigenvalue weighted by Gasteiger charge is 2.50. The van der Waals surface area contributed by atoms with Crippen molar-refractivity contribution in [2.45, 2.75) is 5.41 Å². The lowest BCUT2D eigenvalue weighted by Gasteiger charge is -2.37. The molecule has 1 aliphatic carbocycles. The first-order valence-corrected chi connectivity index (χ1v) is 20.7. The minimum Gasteiger partial charge on any atom is -0.307 e. The Kier molecular flexibility index (Phi) is 6.22. The Hall–Kier alpha value is -7.88. The summed E-state index contributed by atoms with van der Waals surface area (Å²) in [6, 6.07) is 73.4. The molecule has 0 saturated carbocycles. The molecule has 0 N–H and O–H groups in total. The van der Waals surface area contributed by atoms with Gasteiger partial charge in [-0.15, -0.1) is 0 Å². The molecule has 0 amide bonds. The molecule has 1 aliphatic heterocycles. The van der Waals surface area contributed by atoms with E-state index in [1.165, 1.54) is 87.8 Å². The SMILES string of the molecule is c1ccc(-c2cc(-c3cccc4ccccc34)nc(-c3cccc(-c4cc5c6c(c4)c4cccc7c8cccc(c8n6c74)C54c5ccccc5-c5ccccc54)c3)n2)cc1. The monoisotopic (exact) mass is 759 g/mol. The largest absolute Gasteiger partial charge is 0.307 e. The second-order valence-corrected chi connectivity index (χ2v) is 16.4. The van der Waals surface area contributed by atoms with E-state index >= 15 is 0 Å². The molecule has 2 aliphatic rings. The highest BCUT2D eigenvalue weighted by Crippen LogP contribution is 2.62. The summed E-state index contributed by atoms with van der Waals surface area (Å²) in [5.74, 6) is 0.704. The highest BCUT2D eigenvalue weighted by atomic mass is 14.9. The van der Waals surface area contributed by atoms with Crippen molar-refractivity contribution in [3.63, 3.8) is 0 Å². The number of hydrogen-bond donors (Lipinski definition) is 0. The average molecular weight is 760 g/mol. The average Bonchev–Trinajstić information content (AvgIpc) is 3.95. The summed E-state index contributed by atoms with van der Waals surface area (Å²) < 4.78 is 2.59. The molecule has 12 aromatic rings. The van der Waals surface area contributed by atoms with Crippen LogP contribution < -0.4 is 0 Å². The minimum atomic E-state index is -0.494. The number of aromatic nitrogens is 3. The van der Waals surface area contributed by atoms with Gasteiger partial charge in [0, 0.05) is 38.2 Å². The van der Waals surface area contributed by atoms with Crippen LogP contribution in [0.5, 0.6) is 0 Å². The molecule has 3 heteroatoms. The zero-order valence-corrected chi connectivity index (χ0v) is 32.4. The Morgan fingerprint density at radius 2 is 0.867 bits per heavy atom. The van der Waals surface area contributed by atoms with Crippen molar-refractivity contribution >= 4 is 48.9 Å². The third kappa shape index (κ3) is 4.03. The van der Waals surface area contributed by atoms with Gasteiger partial charge in [-0.25, -0.2) is 9.97 Å². The number of nitrogens with zero attached hydrogens (tertiary/aromatic N) is 3. The molecule has 3 aromatic heterocycles. The maximum atomic E-state index is 5.34. The van der Waals surface area contributed by atoms with Crippen molar-refractivity contribution in [3.05, 3.63) is 222 Å². The summed E-state index contributed by atoms with van der Waals surface area (Å²) in [5.41, 5.74) is 18.7. The summed E-state index contributed by atoms with van der Waals surface area (Å²) in [5, 5.41) is 7.57. The van der Waals surface area contributed by atoms with E-state index < -0.39 is 5.41 Å². The molecule has 0 atom stereocenters. The van der Waals surface area contributed by atoms with E-state index in [4.69, 9.17) is 9.97 Å². The molecular weight excluding hydrogens is 727 g/mol. The van der Waals surface area contributed by atoms with Crippen LogP contribution in [0.25, 0.3) is 105 Å². The zero-order valence-electron chi connectivity index (χ0n) is 32.4. The van der Waals surface area contributed by atoms with Crippen molar-refractivity contribution in [1.29, 1.82) is 0 Å². The number of hydrogen-bond acceptors (Lipinski definition) is 2. The Morgan fingerprint density at radius 3 is 1.70 bits per heavy atom. The van der Waals surface area contributed by atoms with Gasteiger partial charge in [-0.1, -0.05) is 176 Å². The van der Waals surface area contributed by atoms with Gasteiger partial charge in [0.05, 0.1) is 33.4 Å². The first-order chi connectivity index (χ1) is 29.8. The second-order valence-electron chi connectivity index (χ2n) is 16.4. The smallest absolute Gasteiger partial charge is 0.160 e. The minimum absolute atomic E-state index is 0.494. The van der Waals surface area contributed by atoms with Gasteiger partial charge in [0.1, 0.15) is 0 Å². The molecule has 0 unspecified atom stereocenters. The van der Waals surface area contributed by atoms with Crippen molar-refractivity contribution in [1.82, 2.24) is 14.4 Å². The predicted octanol–water partition coefficient (Wildman–Crippen LogP) is 14.1. The summed E-state index contributed by atoms with van der Waals surface area (Å²) in [6.07, 6.45) is 0. The van der Waals surface area contributed by atoms with Crippen molar-refractivity contribution < 1.29 is 0 Å². The molecular formula is C57H33N3. The number of rotatable bonds is 4. The van der Waals surface area contributed by atoms with Gasteiger partial charge >= 0.3 is 0 Å². The molecule has 14 rings (SSSR count). The zero-order chi connectivity index (χ0) is 39.1. The van der Waals surface area contributed by atoms with Crippen LogP contribution in [-0.4, -0.2) is 14.4 Å². The van der Waals surface area contributed by atoms with Crippen LogP contribution >= 0.6 is 0 Å². The lowest BCUT2D eigenvalue weighted by molar-refractivity contribution is 0.770. The van der Waals surface area contributed by atoms with E-state index in [2.05, 4.69) is 205 Å². The maximum Gasteiger partial charge on any atom is 0.160 e. The number of benzene rings is 9. The lowest BCUT2D eigenvalue weighted by atomic mass is 9.65. The molecule has 3 nitrogen and oxygen atoms in total. The summed E-state index contributed by atoms with van der Waals surface area (Å²) in [6.45, 7) is 0. The molecule has 1 spiro atoms. The summed E-state index contributed by atoms with van der Waals surface area (Å²) in [4.78, 5) is 10.6. The standard InChI is InChI=1S/C57H33N3/c1-2-15-35(16-3-1)51-33-52(42-23-11-17-34-14-4-5-20-39(34)42)59-56(58-51)37-19-10-18-36(30-37)38-31-46-45-25-12-24-43-44-26-13-29-49-54(44)60(53(43)45)55(46)50(32-38)57(49)47-27-8-6-21-40(47)41-22-7-9-28-48(41)57/h1-33H. The normalized spacial score (nSPS) is 13.5. The molecule has 276 valence electrons. The van der Waals surface area contributed by atoms with E-state index in [-0.39, 0.29) is 0 Å². The fourth-order valence-electron chi connectivity index (χ4n) is 11.1. The molecule has 0 bridgehead atoms. The summed E-state index contributed by atoms with van der Waals surface area (Å²) >= 11 is 0. The van der Waals surface area contributed by atoms with Crippen molar-refractivity contribution in [2.75, 3.05) is 0 Å². The fraction of sp³-hybridized carbons (Fsp3) is 0.0175. The fourth-order valence-corrected chi connectivity index (χ4v) is 11.1. The molecule has 0 fully saturated rings. The lowest BCUT2D eigenvalue weighted by Crippen LogP contribution is -2.31. The van der Waals surface area contributed by atoms with Crippen LogP contribution in [0.2, 0.25) is 0 Å². The number of para-hydroxylation sites is 2. The van der Waals surface area contributed by atoms with Gasteiger partial charge in [0.15, 0.2) is 5.82 Å². The van der Waals surface area contributed by atoms with Gasteiger partial charge in [0.2, 0.25) is 0 Å². The van der Waals surface area contributed by atoms with E-state index in [0.29, 0.717) is 5.82 Å². The third-order valence-corrected chi connectivity index (χ3v) is 13.5. The van der Waals surface area contributed by atoms with Crippen LogP contribution in [0.3, 0.4) is 0 Å². The van der Waals surface area contributed by atoms with Crippen LogP contribution in [0, 0.1) is 0 Å². The van der Waals surface area contributed by atoms with E-state index in [0.717, 1.165) is 33.6 Å². The Morgan fingerprint density at radius 1 is 0.317 bits per heavy atom. The van der Waals surface area contributed by atoms with Gasteiger partial charge < -0.3 is 4.40 Å². The van der Waals surface area contributed by atoms with Crippen LogP contribution in [0.4, 0.5) is 0 Å². The van der Waals surface area contributed by atoms with Crippen molar-refractivity contribution in [2.24, 2.45) is 0 Å². The molecule has 9 aromatic carbocycles. The van der Waals surface area contributed by atoms with Gasteiger partial charge in [0.25, 0.3) is 0 Å². The Bertz CT molecular complexity index is 3730. The molecule has 0 radical (unpaired) electrons. The molecule has 0 saturated heterocycles. The first kappa shape index (κ1) is 32.1. The maximum absolute atomic E-state index is 5.34. The van der Waals surface area contributed by atoms with E-state index in [1.54, 1.807) is 0 Å². The van der Waals surface area contributed by atoms with Crippen LogP contribution in [0.15, 0.2) is 200 Å². The van der Waals surface area contributed by atoms with Crippen LogP contribution in [0.1, 0.15) is 22.3 Å². The van der Waals surface area contributed by atoms with Crippen LogP contribution in [-0.2, 0) is 5.41 Å². The predicted molar refractivity (Wildman–Crippen MR) is 247 cm³/mol. The number of fused-ring (bicyclic) bond motifs is 10. The highest BCUT2D eigenvalue weighted by molar-refractivity contribution is 6.26. The topological polar surface area (TPSA) is 30.2 Å². The van der Waals surface area contributed by atoms with E-state index in [1.807, 2.05) is 0 Å². The quantitative estimate of drug-likeness (QED) is 0.179. The summed E-state index contributed by atoms with van der Waals surface area (Å²) in [7, 11) is 0. The third-order valence-electron chi connectivity index (χ3n) is 13.5. The Balaban J connectivity index is 1.04. The molecule has 60 heavy (non-hydrogen) atoms. The van der Waals surface area contributed by atoms with Gasteiger partial charge in [-0.2, -0.15) is 0 Å².